The Labute approximate surface area is 90.1 Å². The van der Waals surface area contributed by atoms with Gasteiger partial charge in [0.1, 0.15) is 11.6 Å². The number of benzene rings is 1. The van der Waals surface area contributed by atoms with E-state index < -0.39 is 5.97 Å². The molecule has 0 bridgehead atoms. The SMILES string of the molecule is O=C(O)[C@@H]1C[C@H]1c1nc2ccc(F)cc2[nH]1. The summed E-state index contributed by atoms with van der Waals surface area (Å²) in [5.41, 5.74) is 1.29. The van der Waals surface area contributed by atoms with Crippen molar-refractivity contribution in [1.82, 2.24) is 9.97 Å². The smallest absolute Gasteiger partial charge is 0.307 e. The minimum atomic E-state index is -0.795. The van der Waals surface area contributed by atoms with Crippen molar-refractivity contribution in [1.29, 1.82) is 0 Å². The Balaban J connectivity index is 1.98. The molecular formula is C11H9FN2O2. The normalized spacial score (nSPS) is 23.6. The van der Waals surface area contributed by atoms with Crippen LogP contribution in [0.3, 0.4) is 0 Å². The zero-order chi connectivity index (χ0) is 11.3. The van der Waals surface area contributed by atoms with E-state index in [0.717, 1.165) is 0 Å². The van der Waals surface area contributed by atoms with E-state index in [1.165, 1.54) is 12.1 Å². The second kappa shape index (κ2) is 3.04. The Morgan fingerprint density at radius 3 is 3.06 bits per heavy atom. The van der Waals surface area contributed by atoms with Crippen LogP contribution in [0, 0.1) is 11.7 Å². The molecule has 0 aliphatic heterocycles. The number of carboxylic acids is 1. The summed E-state index contributed by atoms with van der Waals surface area (Å²) in [6.07, 6.45) is 0.609. The molecular weight excluding hydrogens is 211 g/mol. The van der Waals surface area contributed by atoms with Crippen LogP contribution in [0.5, 0.6) is 0 Å². The number of nitrogens with zero attached hydrogens (tertiary/aromatic N) is 1. The number of halogens is 1. The second-order valence-corrected chi connectivity index (χ2v) is 4.07. The highest BCUT2D eigenvalue weighted by atomic mass is 19.1. The van der Waals surface area contributed by atoms with Gasteiger partial charge in [0.15, 0.2) is 0 Å². The van der Waals surface area contributed by atoms with Crippen LogP contribution >= 0.6 is 0 Å². The van der Waals surface area contributed by atoms with Gasteiger partial charge in [0, 0.05) is 5.92 Å². The number of rotatable bonds is 2. The highest BCUT2D eigenvalue weighted by Crippen LogP contribution is 2.46. The average Bonchev–Trinajstić information content (AvgIpc) is 2.93. The molecule has 1 heterocycles. The van der Waals surface area contributed by atoms with E-state index in [-0.39, 0.29) is 17.7 Å². The number of aromatic amines is 1. The molecule has 0 radical (unpaired) electrons. The monoisotopic (exact) mass is 220 g/mol. The Morgan fingerprint density at radius 2 is 2.38 bits per heavy atom. The zero-order valence-electron chi connectivity index (χ0n) is 8.27. The third kappa shape index (κ3) is 1.36. The van der Waals surface area contributed by atoms with E-state index in [1.807, 2.05) is 0 Å². The standard InChI is InChI=1S/C11H9FN2O2/c12-5-1-2-8-9(3-5)14-10(13-8)6-4-7(6)11(15)16/h1-3,6-7H,4H2,(H,13,14)(H,15,16)/t6-,7-/m1/s1. The number of nitrogens with one attached hydrogen (secondary N) is 1. The van der Waals surface area contributed by atoms with Crippen molar-refractivity contribution in [2.45, 2.75) is 12.3 Å². The minimum Gasteiger partial charge on any atom is -0.481 e. The maximum absolute atomic E-state index is 12.9. The number of imidazole rings is 1. The van der Waals surface area contributed by atoms with Gasteiger partial charge in [-0.05, 0) is 24.6 Å². The van der Waals surface area contributed by atoms with Crippen LogP contribution < -0.4 is 0 Å². The molecule has 4 nitrogen and oxygen atoms in total. The molecule has 0 spiro atoms. The van der Waals surface area contributed by atoms with Crippen molar-refractivity contribution in [3.05, 3.63) is 29.8 Å². The van der Waals surface area contributed by atoms with E-state index in [0.29, 0.717) is 23.3 Å². The number of hydrogen-bond donors (Lipinski definition) is 2. The predicted octanol–water partition coefficient (Wildman–Crippen LogP) is 1.89. The summed E-state index contributed by atoms with van der Waals surface area (Å²) in [5.74, 6) is -0.865. The predicted molar refractivity (Wildman–Crippen MR) is 54.5 cm³/mol. The van der Waals surface area contributed by atoms with Crippen LogP contribution in [0.2, 0.25) is 0 Å². The molecule has 1 aromatic carbocycles. The lowest BCUT2D eigenvalue weighted by molar-refractivity contribution is -0.138. The summed E-state index contributed by atoms with van der Waals surface area (Å²) >= 11 is 0. The highest BCUT2D eigenvalue weighted by molar-refractivity contribution is 5.77. The Bertz CT molecular complexity index is 578. The van der Waals surface area contributed by atoms with Gasteiger partial charge in [-0.3, -0.25) is 4.79 Å². The molecule has 1 fully saturated rings. The van der Waals surface area contributed by atoms with Gasteiger partial charge in [-0.2, -0.15) is 0 Å². The summed E-state index contributed by atoms with van der Waals surface area (Å²) in [5, 5.41) is 8.80. The zero-order valence-corrected chi connectivity index (χ0v) is 8.27. The molecule has 2 N–H and O–H groups in total. The molecule has 1 aliphatic carbocycles. The first-order valence-corrected chi connectivity index (χ1v) is 5.03. The molecule has 1 aliphatic rings. The van der Waals surface area contributed by atoms with E-state index in [1.54, 1.807) is 6.07 Å². The molecule has 1 saturated carbocycles. The van der Waals surface area contributed by atoms with Crippen molar-refractivity contribution in [2.75, 3.05) is 0 Å². The van der Waals surface area contributed by atoms with Gasteiger partial charge in [0.05, 0.1) is 17.0 Å². The van der Waals surface area contributed by atoms with Crippen molar-refractivity contribution in [3.63, 3.8) is 0 Å². The van der Waals surface area contributed by atoms with Gasteiger partial charge >= 0.3 is 5.97 Å². The maximum atomic E-state index is 12.9. The number of aliphatic carboxylic acids is 1. The number of aromatic nitrogens is 2. The van der Waals surface area contributed by atoms with Crippen LogP contribution in [0.4, 0.5) is 4.39 Å². The fourth-order valence-corrected chi connectivity index (χ4v) is 1.95. The van der Waals surface area contributed by atoms with E-state index in [9.17, 15) is 9.18 Å². The fraction of sp³-hybridized carbons (Fsp3) is 0.273. The van der Waals surface area contributed by atoms with Gasteiger partial charge < -0.3 is 10.1 Å². The van der Waals surface area contributed by atoms with Gasteiger partial charge in [-0.25, -0.2) is 9.37 Å². The average molecular weight is 220 g/mol. The fourth-order valence-electron chi connectivity index (χ4n) is 1.95. The van der Waals surface area contributed by atoms with Crippen molar-refractivity contribution in [2.24, 2.45) is 5.92 Å². The first-order chi connectivity index (χ1) is 7.65. The molecule has 5 heteroatoms. The first kappa shape index (κ1) is 9.33. The maximum Gasteiger partial charge on any atom is 0.307 e. The molecule has 1 aromatic heterocycles. The Morgan fingerprint density at radius 1 is 1.56 bits per heavy atom. The quantitative estimate of drug-likeness (QED) is 0.812. The van der Waals surface area contributed by atoms with Crippen LogP contribution in [0.1, 0.15) is 18.2 Å². The summed E-state index contributed by atoms with van der Waals surface area (Å²) < 4.78 is 12.9. The third-order valence-corrected chi connectivity index (χ3v) is 2.92. The number of H-pyrrole nitrogens is 1. The first-order valence-electron chi connectivity index (χ1n) is 5.03. The van der Waals surface area contributed by atoms with E-state index >= 15 is 0 Å². The highest BCUT2D eigenvalue weighted by Gasteiger charge is 2.46. The van der Waals surface area contributed by atoms with Gasteiger partial charge in [-0.1, -0.05) is 0 Å². The summed E-state index contributed by atoms with van der Waals surface area (Å²) in [4.78, 5) is 17.9. The van der Waals surface area contributed by atoms with Crippen LogP contribution in [-0.2, 0) is 4.79 Å². The molecule has 16 heavy (non-hydrogen) atoms. The van der Waals surface area contributed by atoms with E-state index in [2.05, 4.69) is 9.97 Å². The molecule has 2 aromatic rings. The Kier molecular flexibility index (Phi) is 1.77. The molecule has 0 unspecified atom stereocenters. The van der Waals surface area contributed by atoms with Gasteiger partial charge in [0.25, 0.3) is 0 Å². The van der Waals surface area contributed by atoms with Crippen LogP contribution in [0.15, 0.2) is 18.2 Å². The van der Waals surface area contributed by atoms with E-state index in [4.69, 9.17) is 5.11 Å². The number of fused-ring (bicyclic) bond motifs is 1. The largest absolute Gasteiger partial charge is 0.481 e. The van der Waals surface area contributed by atoms with Crippen molar-refractivity contribution < 1.29 is 14.3 Å². The molecule has 0 amide bonds. The van der Waals surface area contributed by atoms with Crippen LogP contribution in [-0.4, -0.2) is 21.0 Å². The summed E-state index contributed by atoms with van der Waals surface area (Å²) in [7, 11) is 0. The third-order valence-electron chi connectivity index (χ3n) is 2.92. The lowest BCUT2D eigenvalue weighted by Crippen LogP contribution is -1.99. The molecule has 2 atom stereocenters. The summed E-state index contributed by atoms with van der Waals surface area (Å²) in [6.45, 7) is 0. The van der Waals surface area contributed by atoms with Crippen molar-refractivity contribution >= 4 is 17.0 Å². The topological polar surface area (TPSA) is 66.0 Å². The van der Waals surface area contributed by atoms with Gasteiger partial charge in [0.2, 0.25) is 0 Å². The molecule has 0 saturated heterocycles. The van der Waals surface area contributed by atoms with Gasteiger partial charge in [-0.15, -0.1) is 0 Å². The number of hydrogen-bond acceptors (Lipinski definition) is 2. The van der Waals surface area contributed by atoms with Crippen LogP contribution in [0.25, 0.3) is 11.0 Å². The number of carboxylic acid groups (broad SMARTS) is 1. The van der Waals surface area contributed by atoms with Crippen molar-refractivity contribution in [3.8, 4) is 0 Å². The molecule has 82 valence electrons. The lowest BCUT2D eigenvalue weighted by Gasteiger charge is -1.89. The lowest BCUT2D eigenvalue weighted by atomic mass is 10.3. The summed E-state index contributed by atoms with van der Waals surface area (Å²) in [6, 6.07) is 4.29. The minimum absolute atomic E-state index is 0.0482. The Hall–Kier alpha value is -1.91. The number of carbonyl (C=O) groups is 1. The molecule has 3 rings (SSSR count). The second-order valence-electron chi connectivity index (χ2n) is 4.07.